The lowest BCUT2D eigenvalue weighted by Gasteiger charge is -2.08. The zero-order chi connectivity index (χ0) is 16.1. The molecule has 2 aromatic rings. The molecule has 3 heteroatoms. The first-order valence-electron chi connectivity index (χ1n) is 7.54. The number of aromatic hydroxyl groups is 2. The average Bonchev–Trinajstić information content (AvgIpc) is 2.49. The topological polar surface area (TPSA) is 57.5 Å². The molecule has 0 heterocycles. The quantitative estimate of drug-likeness (QED) is 0.851. The Morgan fingerprint density at radius 2 is 1.23 bits per heavy atom. The minimum absolute atomic E-state index is 0.200. The van der Waals surface area contributed by atoms with E-state index < -0.39 is 0 Å². The number of carbonyl (C=O) groups excluding carboxylic acids is 1. The molecule has 0 aliphatic heterocycles. The van der Waals surface area contributed by atoms with E-state index in [9.17, 15) is 15.0 Å². The number of aryl methyl sites for hydroxylation is 4. The van der Waals surface area contributed by atoms with Crippen LogP contribution in [0.4, 0.5) is 0 Å². The van der Waals surface area contributed by atoms with Crippen LogP contribution in [0.15, 0.2) is 36.4 Å². The summed E-state index contributed by atoms with van der Waals surface area (Å²) >= 11 is 0. The molecule has 22 heavy (non-hydrogen) atoms. The summed E-state index contributed by atoms with van der Waals surface area (Å²) in [4.78, 5) is 12.1. The third-order valence-corrected chi connectivity index (χ3v) is 4.01. The van der Waals surface area contributed by atoms with Crippen molar-refractivity contribution < 1.29 is 15.0 Å². The van der Waals surface area contributed by atoms with Crippen molar-refractivity contribution in [3.05, 3.63) is 58.7 Å². The summed E-state index contributed by atoms with van der Waals surface area (Å²) in [5.74, 6) is 0.678. The van der Waals surface area contributed by atoms with Crippen LogP contribution in [0.1, 0.15) is 35.1 Å². The molecule has 0 aliphatic rings. The van der Waals surface area contributed by atoms with E-state index in [1.807, 2.05) is 26.0 Å². The van der Waals surface area contributed by atoms with Crippen molar-refractivity contribution in [3.63, 3.8) is 0 Å². The minimum Gasteiger partial charge on any atom is -0.508 e. The van der Waals surface area contributed by atoms with Gasteiger partial charge in [0.15, 0.2) is 0 Å². The first kappa shape index (κ1) is 16.1. The van der Waals surface area contributed by atoms with Gasteiger partial charge in [0.05, 0.1) is 0 Å². The van der Waals surface area contributed by atoms with Crippen LogP contribution in [0.25, 0.3) is 0 Å². The van der Waals surface area contributed by atoms with Crippen LogP contribution >= 0.6 is 0 Å². The molecule has 0 saturated heterocycles. The monoisotopic (exact) mass is 298 g/mol. The fourth-order valence-corrected chi connectivity index (χ4v) is 2.53. The predicted molar refractivity (Wildman–Crippen MR) is 87.3 cm³/mol. The van der Waals surface area contributed by atoms with Gasteiger partial charge in [0.2, 0.25) is 0 Å². The summed E-state index contributed by atoms with van der Waals surface area (Å²) < 4.78 is 0. The molecule has 0 fully saturated rings. The summed E-state index contributed by atoms with van der Waals surface area (Å²) in [5, 5.41) is 19.0. The third kappa shape index (κ3) is 4.35. The maximum Gasteiger partial charge on any atom is 0.133 e. The molecule has 0 spiro atoms. The molecule has 116 valence electrons. The van der Waals surface area contributed by atoms with Gasteiger partial charge in [0.1, 0.15) is 17.3 Å². The number of Topliss-reactive ketones (excluding diaryl/α,β-unsaturated/α-hetero) is 1. The number of phenols is 2. The normalized spacial score (nSPS) is 10.6. The first-order valence-corrected chi connectivity index (χ1v) is 7.54. The van der Waals surface area contributed by atoms with E-state index in [1.165, 1.54) is 0 Å². The lowest BCUT2D eigenvalue weighted by Crippen LogP contribution is -2.03. The Hall–Kier alpha value is -2.29. The number of phenolic OH excluding ortho intramolecular Hbond substituents is 2. The molecule has 0 radical (unpaired) electrons. The fourth-order valence-electron chi connectivity index (χ4n) is 2.53. The molecule has 2 rings (SSSR count). The van der Waals surface area contributed by atoms with Crippen molar-refractivity contribution in [2.45, 2.75) is 39.5 Å². The smallest absolute Gasteiger partial charge is 0.133 e. The molecule has 0 aromatic heterocycles. The van der Waals surface area contributed by atoms with Gasteiger partial charge < -0.3 is 10.2 Å². The molecular weight excluding hydrogens is 276 g/mol. The molecule has 0 unspecified atom stereocenters. The SMILES string of the molecule is Cc1ccc(O)cc1CCC(=O)CCc1cc(O)ccc1C. The molecule has 0 amide bonds. The van der Waals surface area contributed by atoms with Crippen LogP contribution in [-0.2, 0) is 17.6 Å². The number of hydrogen-bond donors (Lipinski definition) is 2. The average molecular weight is 298 g/mol. The zero-order valence-electron chi connectivity index (χ0n) is 13.1. The minimum atomic E-state index is 0.200. The molecule has 3 nitrogen and oxygen atoms in total. The second-order valence-corrected chi connectivity index (χ2v) is 5.76. The maximum atomic E-state index is 12.1. The fraction of sp³-hybridized carbons (Fsp3) is 0.316. The van der Waals surface area contributed by atoms with Crippen molar-refractivity contribution in [2.24, 2.45) is 0 Å². The molecule has 0 saturated carbocycles. The van der Waals surface area contributed by atoms with Crippen molar-refractivity contribution >= 4 is 5.78 Å². The standard InChI is InChI=1S/C19H22O3/c1-13-3-7-18(21)11-15(13)5-9-17(20)10-6-16-12-19(22)8-4-14(16)2/h3-4,7-8,11-12,21-22H,5-6,9-10H2,1-2H3. The van der Waals surface area contributed by atoms with Gasteiger partial charge in [-0.2, -0.15) is 0 Å². The van der Waals surface area contributed by atoms with Crippen LogP contribution in [0.2, 0.25) is 0 Å². The van der Waals surface area contributed by atoms with Crippen molar-refractivity contribution in [1.82, 2.24) is 0 Å². The number of hydrogen-bond acceptors (Lipinski definition) is 3. The van der Waals surface area contributed by atoms with Gasteiger partial charge in [-0.25, -0.2) is 0 Å². The molecular formula is C19H22O3. The molecule has 0 aliphatic carbocycles. The molecule has 0 bridgehead atoms. The summed E-state index contributed by atoms with van der Waals surface area (Å²) in [6.07, 6.45) is 2.25. The van der Waals surface area contributed by atoms with E-state index in [0.717, 1.165) is 22.3 Å². The highest BCUT2D eigenvalue weighted by Crippen LogP contribution is 2.19. The van der Waals surface area contributed by atoms with Crippen LogP contribution in [-0.4, -0.2) is 16.0 Å². The Balaban J connectivity index is 1.88. The van der Waals surface area contributed by atoms with Gasteiger partial charge in [-0.05, 0) is 73.2 Å². The summed E-state index contributed by atoms with van der Waals surface area (Å²) in [6, 6.07) is 10.5. The van der Waals surface area contributed by atoms with Crippen molar-refractivity contribution in [3.8, 4) is 11.5 Å². The Labute approximate surface area is 131 Å². The predicted octanol–water partition coefficient (Wildman–Crippen LogP) is 3.85. The second kappa shape index (κ2) is 7.12. The summed E-state index contributed by atoms with van der Waals surface area (Å²) in [7, 11) is 0. The second-order valence-electron chi connectivity index (χ2n) is 5.76. The third-order valence-electron chi connectivity index (χ3n) is 4.01. The Kier molecular flexibility index (Phi) is 5.21. The van der Waals surface area contributed by atoms with Gasteiger partial charge in [0, 0.05) is 12.8 Å². The summed E-state index contributed by atoms with van der Waals surface area (Å²) in [6.45, 7) is 3.96. The van der Waals surface area contributed by atoms with E-state index in [2.05, 4.69) is 0 Å². The number of carbonyl (C=O) groups is 1. The van der Waals surface area contributed by atoms with E-state index in [-0.39, 0.29) is 17.3 Å². The lowest BCUT2D eigenvalue weighted by molar-refractivity contribution is -0.119. The maximum absolute atomic E-state index is 12.1. The van der Waals surface area contributed by atoms with Gasteiger partial charge in [0.25, 0.3) is 0 Å². The van der Waals surface area contributed by atoms with Crippen molar-refractivity contribution in [1.29, 1.82) is 0 Å². The van der Waals surface area contributed by atoms with Gasteiger partial charge in [-0.15, -0.1) is 0 Å². The number of rotatable bonds is 6. The van der Waals surface area contributed by atoms with Crippen LogP contribution in [0, 0.1) is 13.8 Å². The van der Waals surface area contributed by atoms with Gasteiger partial charge in [-0.1, -0.05) is 12.1 Å². The van der Waals surface area contributed by atoms with Gasteiger partial charge in [-0.3, -0.25) is 4.79 Å². The summed E-state index contributed by atoms with van der Waals surface area (Å²) in [5.41, 5.74) is 4.22. The number of benzene rings is 2. The molecule has 0 atom stereocenters. The van der Waals surface area contributed by atoms with Crippen LogP contribution in [0.5, 0.6) is 11.5 Å². The van der Waals surface area contributed by atoms with Crippen LogP contribution in [0.3, 0.4) is 0 Å². The zero-order valence-corrected chi connectivity index (χ0v) is 13.1. The lowest BCUT2D eigenvalue weighted by atomic mass is 9.98. The van der Waals surface area contributed by atoms with Crippen LogP contribution < -0.4 is 0 Å². The largest absolute Gasteiger partial charge is 0.508 e. The van der Waals surface area contributed by atoms with E-state index >= 15 is 0 Å². The Bertz CT molecular complexity index is 617. The van der Waals surface area contributed by atoms with Gasteiger partial charge >= 0.3 is 0 Å². The van der Waals surface area contributed by atoms with E-state index in [1.54, 1.807) is 24.3 Å². The Morgan fingerprint density at radius 1 is 0.818 bits per heavy atom. The first-order chi connectivity index (χ1) is 10.5. The van der Waals surface area contributed by atoms with Crippen molar-refractivity contribution in [2.75, 3.05) is 0 Å². The molecule has 2 N–H and O–H groups in total. The van der Waals surface area contributed by atoms with E-state index in [0.29, 0.717) is 25.7 Å². The highest BCUT2D eigenvalue weighted by Gasteiger charge is 2.08. The van der Waals surface area contributed by atoms with E-state index in [4.69, 9.17) is 0 Å². The molecule has 2 aromatic carbocycles. The Morgan fingerprint density at radius 3 is 1.64 bits per heavy atom. The number of ketones is 1. The highest BCUT2D eigenvalue weighted by molar-refractivity contribution is 5.79. The highest BCUT2D eigenvalue weighted by atomic mass is 16.3.